The van der Waals surface area contributed by atoms with E-state index < -0.39 is 34.8 Å². The van der Waals surface area contributed by atoms with Crippen LogP contribution in [0.25, 0.3) is 0 Å². The first-order valence-corrected chi connectivity index (χ1v) is 11.4. The fourth-order valence-electron chi connectivity index (χ4n) is 4.05. The summed E-state index contributed by atoms with van der Waals surface area (Å²) in [6.07, 6.45) is 2.42. The lowest BCUT2D eigenvalue weighted by Gasteiger charge is -2.14. The van der Waals surface area contributed by atoms with Crippen molar-refractivity contribution < 1.29 is 23.2 Å². The average Bonchev–Trinajstić information content (AvgIpc) is 3.14. The second-order valence-corrected chi connectivity index (χ2v) is 9.14. The molecule has 2 N–H and O–H groups in total. The number of aromatic nitrogens is 3. The predicted octanol–water partition coefficient (Wildman–Crippen LogP) is 3.46. The number of nitrogens with zero attached hydrogens (tertiary/aromatic N) is 3. The second kappa shape index (κ2) is 7.99. The highest BCUT2D eigenvalue weighted by molar-refractivity contribution is 7.09. The van der Waals surface area contributed by atoms with Gasteiger partial charge in [-0.2, -0.15) is 0 Å². The molecule has 0 radical (unpaired) electrons. The summed E-state index contributed by atoms with van der Waals surface area (Å²) in [7, 11) is 0. The van der Waals surface area contributed by atoms with E-state index in [1.54, 1.807) is 10.1 Å². The van der Waals surface area contributed by atoms with E-state index in [1.165, 1.54) is 17.4 Å². The topological polar surface area (TPSA) is 106 Å². The number of Topliss-reactive ketones (excluding diaryl/α,β-unsaturated/α-hetero) is 1. The molecule has 8 nitrogen and oxygen atoms in total. The van der Waals surface area contributed by atoms with Crippen LogP contribution in [0.2, 0.25) is 5.02 Å². The number of carbonyl (C=O) groups is 3. The van der Waals surface area contributed by atoms with E-state index in [9.17, 15) is 23.2 Å². The van der Waals surface area contributed by atoms with E-state index >= 15 is 0 Å². The maximum atomic E-state index is 13.5. The number of carbonyl (C=O) groups excluding carboxylic acids is 3. The van der Waals surface area contributed by atoms with E-state index in [0.29, 0.717) is 42.9 Å². The molecule has 0 spiro atoms. The Morgan fingerprint density at radius 2 is 1.97 bits per heavy atom. The molecule has 2 amide bonds. The van der Waals surface area contributed by atoms with E-state index in [1.807, 2.05) is 0 Å². The molecule has 0 bridgehead atoms. The van der Waals surface area contributed by atoms with E-state index in [2.05, 4.69) is 20.8 Å². The van der Waals surface area contributed by atoms with Gasteiger partial charge in [0.1, 0.15) is 16.2 Å². The molecule has 1 saturated carbocycles. The molecule has 5 rings (SSSR count). The van der Waals surface area contributed by atoms with Crippen molar-refractivity contribution in [1.29, 1.82) is 0 Å². The number of rotatable bonds is 6. The second-order valence-electron chi connectivity index (χ2n) is 7.93. The maximum Gasteiger partial charge on any atom is 0.294 e. The van der Waals surface area contributed by atoms with Crippen LogP contribution >= 0.6 is 22.9 Å². The lowest BCUT2D eigenvalue weighted by atomic mass is 10.1. The highest BCUT2D eigenvalue weighted by atomic mass is 35.5. The standard InChI is InChI=1S/C21H16ClF2N5O3S/c22-15-14(18(31)26-10-3-4-11(23)12(24)8-10)13-2-1-7-29(13)16(15)17(30)19(32)27-21(5-6-21)20-28-25-9-33-20/h3-4,8-9H,1-2,5-7H2,(H,26,31)(H,27,32). The predicted molar refractivity (Wildman–Crippen MR) is 115 cm³/mol. The average molecular weight is 492 g/mol. The quantitative estimate of drug-likeness (QED) is 0.406. The normalized spacial score (nSPS) is 15.7. The molecule has 1 fully saturated rings. The molecule has 3 heterocycles. The van der Waals surface area contributed by atoms with E-state index in [-0.39, 0.29) is 22.0 Å². The number of halogens is 3. The highest BCUT2D eigenvalue weighted by Crippen LogP contribution is 2.46. The zero-order valence-electron chi connectivity index (χ0n) is 17.0. The summed E-state index contributed by atoms with van der Waals surface area (Å²) >= 11 is 7.75. The van der Waals surface area contributed by atoms with Crippen LogP contribution in [-0.4, -0.2) is 32.4 Å². The Balaban J connectivity index is 1.43. The van der Waals surface area contributed by atoms with Gasteiger partial charge in [-0.25, -0.2) is 8.78 Å². The minimum atomic E-state index is -1.11. The first kappa shape index (κ1) is 21.7. The number of benzene rings is 1. The van der Waals surface area contributed by atoms with Gasteiger partial charge in [0.2, 0.25) is 0 Å². The van der Waals surface area contributed by atoms with Gasteiger partial charge in [-0.05, 0) is 37.8 Å². The van der Waals surface area contributed by atoms with Gasteiger partial charge in [0.05, 0.1) is 16.1 Å². The third-order valence-corrected chi connectivity index (χ3v) is 7.07. The van der Waals surface area contributed by atoms with Crippen LogP contribution < -0.4 is 10.6 Å². The van der Waals surface area contributed by atoms with Gasteiger partial charge in [0.25, 0.3) is 17.6 Å². The molecule has 1 aliphatic heterocycles. The zero-order valence-corrected chi connectivity index (χ0v) is 18.5. The number of anilines is 1. The minimum Gasteiger partial charge on any atom is -0.340 e. The van der Waals surface area contributed by atoms with Crippen molar-refractivity contribution in [3.63, 3.8) is 0 Å². The first-order chi connectivity index (χ1) is 15.8. The Bertz CT molecular complexity index is 1300. The van der Waals surface area contributed by atoms with Crippen LogP contribution in [0.4, 0.5) is 14.5 Å². The van der Waals surface area contributed by atoms with Crippen LogP contribution in [0.5, 0.6) is 0 Å². The summed E-state index contributed by atoms with van der Waals surface area (Å²) in [5.41, 5.74) is 1.38. The fourth-order valence-corrected chi connectivity index (χ4v) is 5.20. The van der Waals surface area contributed by atoms with Crippen LogP contribution in [0.15, 0.2) is 23.7 Å². The molecule has 170 valence electrons. The summed E-state index contributed by atoms with van der Waals surface area (Å²) < 4.78 is 28.3. The SMILES string of the molecule is O=C(NC1(c2nncs2)CC1)C(=O)c1c(Cl)c(C(=O)Nc2ccc(F)c(F)c2)c2n1CCC2. The Morgan fingerprint density at radius 3 is 2.64 bits per heavy atom. The van der Waals surface area contributed by atoms with Gasteiger partial charge in [-0.3, -0.25) is 14.4 Å². The monoisotopic (exact) mass is 491 g/mol. The van der Waals surface area contributed by atoms with Gasteiger partial charge in [0, 0.05) is 24.0 Å². The van der Waals surface area contributed by atoms with Crippen molar-refractivity contribution in [1.82, 2.24) is 20.1 Å². The molecule has 0 saturated heterocycles. The van der Waals surface area contributed by atoms with Gasteiger partial charge >= 0.3 is 0 Å². The molecule has 33 heavy (non-hydrogen) atoms. The summed E-state index contributed by atoms with van der Waals surface area (Å²) in [6, 6.07) is 2.95. The molecular formula is C21H16ClF2N5O3S. The fraction of sp³-hybridized carbons (Fsp3) is 0.286. The van der Waals surface area contributed by atoms with Crippen molar-refractivity contribution in [2.75, 3.05) is 5.32 Å². The zero-order chi connectivity index (χ0) is 23.3. The number of hydrogen-bond donors (Lipinski definition) is 2. The summed E-state index contributed by atoms with van der Waals surface area (Å²) in [5, 5.41) is 13.5. The third-order valence-electron chi connectivity index (χ3n) is 5.81. The summed E-state index contributed by atoms with van der Waals surface area (Å²) in [6.45, 7) is 0.420. The number of hydrogen-bond acceptors (Lipinski definition) is 6. The van der Waals surface area contributed by atoms with E-state index in [4.69, 9.17) is 11.6 Å². The Kier molecular flexibility index (Phi) is 5.25. The van der Waals surface area contributed by atoms with Gasteiger partial charge in [0.15, 0.2) is 11.6 Å². The molecule has 2 aliphatic rings. The molecular weight excluding hydrogens is 476 g/mol. The summed E-state index contributed by atoms with van der Waals surface area (Å²) in [4.78, 5) is 38.9. The number of fused-ring (bicyclic) bond motifs is 1. The molecule has 1 aliphatic carbocycles. The van der Waals surface area contributed by atoms with Crippen LogP contribution in [0, 0.1) is 11.6 Å². The number of nitrogens with one attached hydrogen (secondary N) is 2. The minimum absolute atomic E-state index is 0.0336. The van der Waals surface area contributed by atoms with Crippen molar-refractivity contribution in [3.8, 4) is 0 Å². The number of amides is 2. The van der Waals surface area contributed by atoms with Crippen molar-refractivity contribution >= 4 is 46.2 Å². The highest BCUT2D eigenvalue weighted by Gasteiger charge is 2.50. The van der Waals surface area contributed by atoms with Gasteiger partial charge in [-0.15, -0.1) is 21.5 Å². The molecule has 1 aromatic carbocycles. The van der Waals surface area contributed by atoms with Crippen LogP contribution in [-0.2, 0) is 23.3 Å². The molecule has 0 unspecified atom stereocenters. The third kappa shape index (κ3) is 3.70. The lowest BCUT2D eigenvalue weighted by molar-refractivity contribution is -0.118. The van der Waals surface area contributed by atoms with Crippen LogP contribution in [0.3, 0.4) is 0 Å². The smallest absolute Gasteiger partial charge is 0.294 e. The Morgan fingerprint density at radius 1 is 1.18 bits per heavy atom. The van der Waals surface area contributed by atoms with Crippen LogP contribution in [0.1, 0.15) is 50.8 Å². The van der Waals surface area contributed by atoms with Crippen molar-refractivity contribution in [2.24, 2.45) is 0 Å². The molecule has 12 heteroatoms. The molecule has 2 aromatic heterocycles. The van der Waals surface area contributed by atoms with Gasteiger partial charge in [-0.1, -0.05) is 11.6 Å². The first-order valence-electron chi connectivity index (χ1n) is 10.1. The lowest BCUT2D eigenvalue weighted by Crippen LogP contribution is -2.40. The largest absolute Gasteiger partial charge is 0.340 e. The molecule has 0 atom stereocenters. The number of ketones is 1. The molecule has 3 aromatic rings. The maximum absolute atomic E-state index is 13.5. The summed E-state index contributed by atoms with van der Waals surface area (Å²) in [5.74, 6) is -4.53. The Labute approximate surface area is 195 Å². The Hall–Kier alpha value is -3.18. The van der Waals surface area contributed by atoms with Crippen molar-refractivity contribution in [2.45, 2.75) is 37.8 Å². The van der Waals surface area contributed by atoms with E-state index in [0.717, 1.165) is 12.1 Å². The van der Waals surface area contributed by atoms with Gasteiger partial charge < -0.3 is 15.2 Å². The van der Waals surface area contributed by atoms with Crippen molar-refractivity contribution in [3.05, 3.63) is 62.3 Å².